The van der Waals surface area contributed by atoms with Crippen molar-refractivity contribution in [3.8, 4) is 0 Å². The number of nitrogens with zero attached hydrogens (tertiary/aromatic N) is 1. The molecule has 0 bridgehead atoms. The van der Waals surface area contributed by atoms with E-state index in [9.17, 15) is 14.5 Å². The fourth-order valence-corrected chi connectivity index (χ4v) is 1.58. The van der Waals surface area contributed by atoms with Crippen molar-refractivity contribution in [1.82, 2.24) is 5.32 Å². The second kappa shape index (κ2) is 5.42. The Morgan fingerprint density at radius 2 is 2.17 bits per heavy atom. The molecule has 1 aromatic heterocycles. The van der Waals surface area contributed by atoms with Gasteiger partial charge in [0.25, 0.3) is 0 Å². The number of nitro benzene ring substituents is 1. The molecule has 2 aromatic rings. The van der Waals surface area contributed by atoms with Crippen LogP contribution in [0, 0.1) is 15.9 Å². The van der Waals surface area contributed by atoms with E-state index in [4.69, 9.17) is 4.42 Å². The molecule has 0 aliphatic heterocycles. The predicted octanol–water partition coefficient (Wildman–Crippen LogP) is 2.62. The summed E-state index contributed by atoms with van der Waals surface area (Å²) in [5.41, 5.74) is 0.700. The van der Waals surface area contributed by atoms with Gasteiger partial charge in [0.1, 0.15) is 0 Å². The van der Waals surface area contributed by atoms with Gasteiger partial charge in [0.2, 0.25) is 5.82 Å². The molecular weight excluding hydrogens is 239 g/mol. The lowest BCUT2D eigenvalue weighted by atomic mass is 10.2. The number of rotatable bonds is 5. The van der Waals surface area contributed by atoms with Gasteiger partial charge in [0, 0.05) is 30.3 Å². The summed E-state index contributed by atoms with van der Waals surface area (Å²) in [6.45, 7) is 0.733. The molecule has 6 heteroatoms. The Morgan fingerprint density at radius 3 is 2.83 bits per heavy atom. The van der Waals surface area contributed by atoms with Gasteiger partial charge in [-0.2, -0.15) is 4.39 Å². The number of nitrogens with one attached hydrogen (secondary N) is 1. The van der Waals surface area contributed by atoms with E-state index < -0.39 is 16.4 Å². The molecule has 0 fully saturated rings. The number of nitro groups is 1. The number of benzene rings is 1. The zero-order chi connectivity index (χ0) is 13.0. The number of hydrogen-bond acceptors (Lipinski definition) is 4. The lowest BCUT2D eigenvalue weighted by Crippen LogP contribution is -2.13. The fourth-order valence-electron chi connectivity index (χ4n) is 1.58. The van der Waals surface area contributed by atoms with Crippen LogP contribution in [0.4, 0.5) is 10.1 Å². The normalized spacial score (nSPS) is 10.5. The first kappa shape index (κ1) is 12.3. The van der Waals surface area contributed by atoms with E-state index in [1.807, 2.05) is 0 Å². The molecule has 1 aromatic carbocycles. The molecule has 2 rings (SSSR count). The van der Waals surface area contributed by atoms with Gasteiger partial charge in [-0.15, -0.1) is 0 Å². The van der Waals surface area contributed by atoms with Crippen molar-refractivity contribution in [3.05, 3.63) is 63.9 Å². The van der Waals surface area contributed by atoms with Crippen LogP contribution in [0.1, 0.15) is 11.1 Å². The van der Waals surface area contributed by atoms with Crippen molar-refractivity contribution in [2.24, 2.45) is 0 Å². The van der Waals surface area contributed by atoms with Crippen molar-refractivity contribution in [1.29, 1.82) is 0 Å². The van der Waals surface area contributed by atoms with Crippen molar-refractivity contribution in [2.45, 2.75) is 13.1 Å². The summed E-state index contributed by atoms with van der Waals surface area (Å²) in [6, 6.07) is 5.92. The summed E-state index contributed by atoms with van der Waals surface area (Å²) in [5, 5.41) is 13.6. The Hall–Kier alpha value is -2.21. The standard InChI is InChI=1S/C12H11FN2O3/c13-12-10(2-1-3-11(12)15(16)17)7-14-6-9-4-5-18-8-9/h1-5,8,14H,6-7H2. The van der Waals surface area contributed by atoms with Crippen LogP contribution in [0.5, 0.6) is 0 Å². The molecular formula is C12H11FN2O3. The number of furan rings is 1. The molecule has 0 saturated carbocycles. The third kappa shape index (κ3) is 2.72. The number of halogens is 1. The van der Waals surface area contributed by atoms with Gasteiger partial charge in [-0.1, -0.05) is 12.1 Å². The van der Waals surface area contributed by atoms with Crippen molar-refractivity contribution < 1.29 is 13.7 Å². The van der Waals surface area contributed by atoms with Gasteiger partial charge in [-0.05, 0) is 6.07 Å². The number of hydrogen-bond donors (Lipinski definition) is 1. The molecule has 0 unspecified atom stereocenters. The van der Waals surface area contributed by atoms with E-state index in [-0.39, 0.29) is 12.1 Å². The van der Waals surface area contributed by atoms with Gasteiger partial charge < -0.3 is 9.73 Å². The fraction of sp³-hybridized carbons (Fsp3) is 0.167. The Kier molecular flexibility index (Phi) is 3.69. The van der Waals surface area contributed by atoms with Gasteiger partial charge in [0.15, 0.2) is 0 Å². The summed E-state index contributed by atoms with van der Waals surface area (Å²) in [7, 11) is 0. The van der Waals surface area contributed by atoms with Crippen LogP contribution in [0.25, 0.3) is 0 Å². The monoisotopic (exact) mass is 250 g/mol. The van der Waals surface area contributed by atoms with E-state index in [2.05, 4.69) is 5.32 Å². The third-order valence-corrected chi connectivity index (χ3v) is 2.48. The van der Waals surface area contributed by atoms with Crippen molar-refractivity contribution >= 4 is 5.69 Å². The Bertz CT molecular complexity index is 540. The molecule has 1 N–H and O–H groups in total. The van der Waals surface area contributed by atoms with Gasteiger partial charge in [0.05, 0.1) is 17.4 Å². The SMILES string of the molecule is O=[N+]([O-])c1cccc(CNCc2ccoc2)c1F. The van der Waals surface area contributed by atoms with Crippen LogP contribution in [0.15, 0.2) is 41.2 Å². The minimum Gasteiger partial charge on any atom is -0.472 e. The Labute approximate surface area is 102 Å². The molecule has 0 amide bonds. The summed E-state index contributed by atoms with van der Waals surface area (Å²) in [5.74, 6) is -0.790. The average Bonchev–Trinajstić information content (AvgIpc) is 2.84. The predicted molar refractivity (Wildman–Crippen MR) is 62.3 cm³/mol. The molecule has 1 heterocycles. The highest BCUT2D eigenvalue weighted by molar-refractivity contribution is 5.36. The zero-order valence-corrected chi connectivity index (χ0v) is 9.43. The van der Waals surface area contributed by atoms with E-state index in [0.717, 1.165) is 11.6 Å². The Morgan fingerprint density at radius 1 is 1.33 bits per heavy atom. The third-order valence-electron chi connectivity index (χ3n) is 2.48. The molecule has 94 valence electrons. The van der Waals surface area contributed by atoms with E-state index >= 15 is 0 Å². The van der Waals surface area contributed by atoms with E-state index in [1.54, 1.807) is 18.6 Å². The van der Waals surface area contributed by atoms with Crippen LogP contribution >= 0.6 is 0 Å². The zero-order valence-electron chi connectivity index (χ0n) is 9.43. The van der Waals surface area contributed by atoms with Crippen LogP contribution in [0.2, 0.25) is 0 Å². The van der Waals surface area contributed by atoms with Crippen molar-refractivity contribution in [3.63, 3.8) is 0 Å². The topological polar surface area (TPSA) is 68.3 Å². The van der Waals surface area contributed by atoms with Crippen LogP contribution in [-0.4, -0.2) is 4.92 Å². The molecule has 0 aliphatic rings. The maximum Gasteiger partial charge on any atom is 0.305 e. The molecule has 5 nitrogen and oxygen atoms in total. The lowest BCUT2D eigenvalue weighted by Gasteiger charge is -2.04. The average molecular weight is 250 g/mol. The highest BCUT2D eigenvalue weighted by Crippen LogP contribution is 2.19. The maximum absolute atomic E-state index is 13.7. The molecule has 18 heavy (non-hydrogen) atoms. The summed E-state index contributed by atoms with van der Waals surface area (Å²) in [6.07, 6.45) is 3.13. The highest BCUT2D eigenvalue weighted by Gasteiger charge is 2.16. The molecule has 0 atom stereocenters. The quantitative estimate of drug-likeness (QED) is 0.654. The van der Waals surface area contributed by atoms with Crippen LogP contribution in [-0.2, 0) is 13.1 Å². The largest absolute Gasteiger partial charge is 0.472 e. The van der Waals surface area contributed by atoms with Crippen LogP contribution in [0.3, 0.4) is 0 Å². The highest BCUT2D eigenvalue weighted by atomic mass is 19.1. The van der Waals surface area contributed by atoms with Gasteiger partial charge in [-0.25, -0.2) is 0 Å². The van der Waals surface area contributed by atoms with E-state index in [1.165, 1.54) is 12.1 Å². The first-order valence-corrected chi connectivity index (χ1v) is 5.32. The molecule has 0 radical (unpaired) electrons. The Balaban J connectivity index is 2.01. The summed E-state index contributed by atoms with van der Waals surface area (Å²) in [4.78, 5) is 9.84. The first-order chi connectivity index (χ1) is 8.68. The molecule has 0 saturated heterocycles. The minimum absolute atomic E-state index is 0.221. The second-order valence-electron chi connectivity index (χ2n) is 3.74. The van der Waals surface area contributed by atoms with Gasteiger partial charge in [-0.3, -0.25) is 10.1 Å². The summed E-state index contributed by atoms with van der Waals surface area (Å²) >= 11 is 0. The van der Waals surface area contributed by atoms with Crippen LogP contribution < -0.4 is 5.32 Å². The first-order valence-electron chi connectivity index (χ1n) is 5.32. The molecule has 0 spiro atoms. The minimum atomic E-state index is -0.790. The smallest absolute Gasteiger partial charge is 0.305 e. The lowest BCUT2D eigenvalue weighted by molar-refractivity contribution is -0.387. The van der Waals surface area contributed by atoms with E-state index in [0.29, 0.717) is 6.54 Å². The van der Waals surface area contributed by atoms with Gasteiger partial charge >= 0.3 is 5.69 Å². The summed E-state index contributed by atoms with van der Waals surface area (Å²) < 4.78 is 18.6. The maximum atomic E-state index is 13.7. The molecule has 0 aliphatic carbocycles. The van der Waals surface area contributed by atoms with Crippen molar-refractivity contribution in [2.75, 3.05) is 0 Å². The second-order valence-corrected chi connectivity index (χ2v) is 3.74.